The second-order valence-electron chi connectivity index (χ2n) is 8.44. The number of amides is 1. The first-order valence-corrected chi connectivity index (χ1v) is 11.4. The number of hydrogen-bond acceptors (Lipinski definition) is 7. The number of methoxy groups -OCH3 is 1. The average Bonchev–Trinajstić information content (AvgIpc) is 3.37. The normalized spacial score (nSPS) is 18.3. The highest BCUT2D eigenvalue weighted by Crippen LogP contribution is 2.35. The van der Waals surface area contributed by atoms with Crippen molar-refractivity contribution in [2.75, 3.05) is 40.0 Å². The van der Waals surface area contributed by atoms with Crippen LogP contribution in [0.5, 0.6) is 23.0 Å². The topological polar surface area (TPSA) is 89.5 Å². The summed E-state index contributed by atoms with van der Waals surface area (Å²) < 4.78 is 22.2. The molecule has 8 heteroatoms. The molecule has 1 saturated heterocycles. The summed E-state index contributed by atoms with van der Waals surface area (Å²) in [6.07, 6.45) is 1.84. The molecule has 2 aromatic rings. The second-order valence-corrected chi connectivity index (χ2v) is 8.44. The van der Waals surface area contributed by atoms with Crippen molar-refractivity contribution >= 4 is 5.91 Å². The van der Waals surface area contributed by atoms with E-state index in [1.54, 1.807) is 56.5 Å². The van der Waals surface area contributed by atoms with Crippen LogP contribution in [-0.4, -0.2) is 62.0 Å². The van der Waals surface area contributed by atoms with Crippen LogP contribution in [0.15, 0.2) is 42.5 Å². The molecule has 0 spiro atoms. The quantitative estimate of drug-likeness (QED) is 0.561. The van der Waals surface area contributed by atoms with Crippen LogP contribution in [0, 0.1) is 0 Å². The summed E-state index contributed by atoms with van der Waals surface area (Å²) >= 11 is 0. The molecule has 0 bridgehead atoms. The number of nitrogens with zero attached hydrogens (tertiary/aromatic N) is 1. The first-order valence-electron chi connectivity index (χ1n) is 11.4. The van der Waals surface area contributed by atoms with Gasteiger partial charge in [-0.1, -0.05) is 6.07 Å². The molecule has 1 fully saturated rings. The summed E-state index contributed by atoms with van der Waals surface area (Å²) in [5, 5.41) is 14.5. The molecule has 0 unspecified atom stereocenters. The minimum Gasteiger partial charge on any atom is -0.497 e. The number of carbonyl (C=O) groups excluding carboxylic acids is 1. The Morgan fingerprint density at radius 1 is 1.09 bits per heavy atom. The van der Waals surface area contributed by atoms with Gasteiger partial charge in [-0.2, -0.15) is 0 Å². The van der Waals surface area contributed by atoms with Crippen LogP contribution in [-0.2, 0) is 10.5 Å². The number of benzene rings is 2. The molecule has 2 aliphatic rings. The van der Waals surface area contributed by atoms with E-state index in [1.165, 1.54) is 0 Å². The summed E-state index contributed by atoms with van der Waals surface area (Å²) in [6, 6.07) is 12.3. The van der Waals surface area contributed by atoms with Gasteiger partial charge in [0.2, 0.25) is 0 Å². The maximum Gasteiger partial charge on any atom is 0.263 e. The van der Waals surface area contributed by atoms with Gasteiger partial charge in [0.1, 0.15) is 24.7 Å². The standard InChI is InChI=1S/C25H32N2O6/c1-18(33-21-8-6-20(30-2)7-9-21)24(28)26-25(29,11-14-27-12-3-4-13-27)19-5-10-22-23(17-19)32-16-15-31-22/h5-10,17-18,29H,3-4,11-16H2,1-2H3,(H,26,28)/t18-,25-/m0/s1. The van der Waals surface area contributed by atoms with Crippen molar-refractivity contribution in [3.63, 3.8) is 0 Å². The Balaban J connectivity index is 1.49. The van der Waals surface area contributed by atoms with E-state index in [2.05, 4.69) is 10.2 Å². The lowest BCUT2D eigenvalue weighted by atomic mass is 9.97. The predicted molar refractivity (Wildman–Crippen MR) is 123 cm³/mol. The fourth-order valence-electron chi connectivity index (χ4n) is 4.12. The van der Waals surface area contributed by atoms with Crippen molar-refractivity contribution in [2.24, 2.45) is 0 Å². The van der Waals surface area contributed by atoms with Crippen LogP contribution >= 0.6 is 0 Å². The van der Waals surface area contributed by atoms with Crippen molar-refractivity contribution < 1.29 is 28.8 Å². The molecule has 2 aliphatic heterocycles. The van der Waals surface area contributed by atoms with E-state index in [4.69, 9.17) is 18.9 Å². The molecular weight excluding hydrogens is 424 g/mol. The van der Waals surface area contributed by atoms with Crippen LogP contribution in [0.3, 0.4) is 0 Å². The van der Waals surface area contributed by atoms with E-state index in [0.717, 1.165) is 25.9 Å². The van der Waals surface area contributed by atoms with Crippen LogP contribution < -0.4 is 24.3 Å². The molecule has 2 atom stereocenters. The van der Waals surface area contributed by atoms with Gasteiger partial charge in [-0.3, -0.25) is 4.79 Å². The third kappa shape index (κ3) is 5.69. The lowest BCUT2D eigenvalue weighted by Gasteiger charge is -2.33. The maximum atomic E-state index is 13.1. The van der Waals surface area contributed by atoms with E-state index in [-0.39, 0.29) is 0 Å². The molecule has 2 N–H and O–H groups in total. The third-order valence-corrected chi connectivity index (χ3v) is 6.08. The zero-order valence-electron chi connectivity index (χ0n) is 19.2. The van der Waals surface area contributed by atoms with Crippen LogP contribution in [0.2, 0.25) is 0 Å². The summed E-state index contributed by atoms with van der Waals surface area (Å²) in [7, 11) is 1.59. The van der Waals surface area contributed by atoms with E-state index in [0.29, 0.717) is 54.7 Å². The number of rotatable bonds is 9. The fourth-order valence-corrected chi connectivity index (χ4v) is 4.12. The minimum absolute atomic E-state index is 0.341. The van der Waals surface area contributed by atoms with Crippen LogP contribution in [0.25, 0.3) is 0 Å². The molecule has 1 amide bonds. The Morgan fingerprint density at radius 3 is 2.45 bits per heavy atom. The van der Waals surface area contributed by atoms with Crippen LogP contribution in [0.4, 0.5) is 0 Å². The summed E-state index contributed by atoms with van der Waals surface area (Å²) in [6.45, 7) is 5.26. The summed E-state index contributed by atoms with van der Waals surface area (Å²) in [5.74, 6) is 2.03. The van der Waals surface area contributed by atoms with Crippen LogP contribution in [0.1, 0.15) is 31.7 Å². The zero-order valence-corrected chi connectivity index (χ0v) is 19.2. The Labute approximate surface area is 194 Å². The van der Waals surface area contributed by atoms with Crippen molar-refractivity contribution in [3.8, 4) is 23.0 Å². The van der Waals surface area contributed by atoms with Gasteiger partial charge in [0.15, 0.2) is 23.3 Å². The van der Waals surface area contributed by atoms with Gasteiger partial charge in [-0.25, -0.2) is 0 Å². The molecule has 4 rings (SSSR count). The van der Waals surface area contributed by atoms with Crippen molar-refractivity contribution in [1.82, 2.24) is 10.2 Å². The van der Waals surface area contributed by atoms with Gasteiger partial charge in [0.25, 0.3) is 5.91 Å². The first kappa shape index (κ1) is 23.2. The number of hydrogen-bond donors (Lipinski definition) is 2. The van der Waals surface area contributed by atoms with E-state index >= 15 is 0 Å². The van der Waals surface area contributed by atoms with Crippen molar-refractivity contribution in [1.29, 1.82) is 0 Å². The van der Waals surface area contributed by atoms with E-state index < -0.39 is 17.7 Å². The molecule has 0 aliphatic carbocycles. The molecular formula is C25H32N2O6. The molecule has 178 valence electrons. The smallest absolute Gasteiger partial charge is 0.263 e. The summed E-state index contributed by atoms with van der Waals surface area (Å²) in [4.78, 5) is 15.4. The van der Waals surface area contributed by atoms with Gasteiger partial charge in [0, 0.05) is 18.5 Å². The van der Waals surface area contributed by atoms with Gasteiger partial charge in [-0.05, 0) is 69.3 Å². The van der Waals surface area contributed by atoms with Gasteiger partial charge >= 0.3 is 0 Å². The number of ether oxygens (including phenoxy) is 4. The molecule has 2 heterocycles. The first-order chi connectivity index (χ1) is 16.0. The number of aliphatic hydroxyl groups is 1. The Kier molecular flexibility index (Phi) is 7.25. The maximum absolute atomic E-state index is 13.1. The number of likely N-dealkylation sites (tertiary alicyclic amines) is 1. The summed E-state index contributed by atoms with van der Waals surface area (Å²) in [5.41, 5.74) is -1.02. The number of fused-ring (bicyclic) bond motifs is 1. The highest BCUT2D eigenvalue weighted by atomic mass is 16.6. The number of nitrogens with one attached hydrogen (secondary N) is 1. The Hall–Kier alpha value is -2.97. The Bertz CT molecular complexity index is 944. The monoisotopic (exact) mass is 456 g/mol. The second kappa shape index (κ2) is 10.3. The Morgan fingerprint density at radius 2 is 1.76 bits per heavy atom. The largest absolute Gasteiger partial charge is 0.497 e. The van der Waals surface area contributed by atoms with E-state index in [9.17, 15) is 9.90 Å². The molecule has 0 radical (unpaired) electrons. The van der Waals surface area contributed by atoms with Gasteiger partial charge < -0.3 is 34.3 Å². The van der Waals surface area contributed by atoms with Crippen molar-refractivity contribution in [2.45, 2.75) is 38.0 Å². The number of carbonyl (C=O) groups is 1. The van der Waals surface area contributed by atoms with Crippen molar-refractivity contribution in [3.05, 3.63) is 48.0 Å². The van der Waals surface area contributed by atoms with Gasteiger partial charge in [0.05, 0.1) is 7.11 Å². The molecule has 2 aromatic carbocycles. The highest BCUT2D eigenvalue weighted by molar-refractivity contribution is 5.81. The predicted octanol–water partition coefficient (Wildman–Crippen LogP) is 2.68. The van der Waals surface area contributed by atoms with Gasteiger partial charge in [-0.15, -0.1) is 0 Å². The molecule has 8 nitrogen and oxygen atoms in total. The SMILES string of the molecule is COc1ccc(O[C@@H](C)C(=O)N[C@](O)(CCN2CCCC2)c2ccc3c(c2)OCCO3)cc1. The lowest BCUT2D eigenvalue weighted by molar-refractivity contribution is -0.136. The molecule has 33 heavy (non-hydrogen) atoms. The molecule has 0 saturated carbocycles. The lowest BCUT2D eigenvalue weighted by Crippen LogP contribution is -2.51. The third-order valence-electron chi connectivity index (χ3n) is 6.08. The highest BCUT2D eigenvalue weighted by Gasteiger charge is 2.35. The van der Waals surface area contributed by atoms with E-state index in [1.807, 2.05) is 0 Å². The fraction of sp³-hybridized carbons (Fsp3) is 0.480. The zero-order chi connectivity index (χ0) is 23.3. The minimum atomic E-state index is -1.58. The molecule has 0 aromatic heterocycles. The average molecular weight is 457 g/mol.